The number of nitrogens with zero attached hydrogens (tertiary/aromatic N) is 3. The minimum atomic E-state index is -0.0750. The molecule has 0 spiro atoms. The second-order valence-corrected chi connectivity index (χ2v) is 8.20. The first-order chi connectivity index (χ1) is 15.2. The van der Waals surface area contributed by atoms with Crippen molar-refractivity contribution >= 4 is 29.3 Å². The van der Waals surface area contributed by atoms with Gasteiger partial charge < -0.3 is 9.73 Å². The molecule has 4 aromatic rings. The first-order valence-corrected chi connectivity index (χ1v) is 11.2. The van der Waals surface area contributed by atoms with Crippen LogP contribution in [0, 0.1) is 0 Å². The topological polar surface area (TPSA) is 73.0 Å². The normalized spacial score (nSPS) is 11.9. The summed E-state index contributed by atoms with van der Waals surface area (Å²) >= 11 is 7.31. The highest BCUT2D eigenvalue weighted by Crippen LogP contribution is 2.28. The van der Waals surface area contributed by atoms with Gasteiger partial charge in [-0.25, -0.2) is 0 Å². The highest BCUT2D eigenvalue weighted by Gasteiger charge is 2.19. The summed E-state index contributed by atoms with van der Waals surface area (Å²) in [6, 6.07) is 20.9. The Morgan fingerprint density at radius 1 is 1.10 bits per heavy atom. The number of nitrogens with one attached hydrogen (secondary N) is 1. The van der Waals surface area contributed by atoms with Gasteiger partial charge in [0.15, 0.2) is 10.9 Å². The van der Waals surface area contributed by atoms with Crippen LogP contribution in [0.1, 0.15) is 24.9 Å². The number of furan rings is 1. The van der Waals surface area contributed by atoms with Crippen LogP contribution in [-0.2, 0) is 4.79 Å². The van der Waals surface area contributed by atoms with Crippen LogP contribution in [0.4, 0.5) is 0 Å². The van der Waals surface area contributed by atoms with E-state index < -0.39 is 0 Å². The van der Waals surface area contributed by atoms with Gasteiger partial charge in [-0.2, -0.15) is 0 Å². The number of hydrogen-bond donors (Lipinski definition) is 1. The lowest BCUT2D eigenvalue weighted by Crippen LogP contribution is -2.29. The fourth-order valence-corrected chi connectivity index (χ4v) is 4.11. The average Bonchev–Trinajstić information content (AvgIpc) is 3.47. The molecule has 0 saturated heterocycles. The van der Waals surface area contributed by atoms with Gasteiger partial charge in [0.1, 0.15) is 0 Å². The molecule has 0 bridgehead atoms. The molecule has 1 N–H and O–H groups in total. The highest BCUT2D eigenvalue weighted by molar-refractivity contribution is 7.99. The van der Waals surface area contributed by atoms with E-state index in [9.17, 15) is 4.79 Å². The zero-order valence-electron chi connectivity index (χ0n) is 16.9. The molecule has 4 rings (SSSR count). The Hall–Kier alpha value is -3.03. The molecule has 0 aliphatic carbocycles. The van der Waals surface area contributed by atoms with Crippen molar-refractivity contribution in [1.29, 1.82) is 0 Å². The Bertz CT molecular complexity index is 1130. The molecule has 1 unspecified atom stereocenters. The number of benzene rings is 2. The molecule has 6 nitrogen and oxygen atoms in total. The van der Waals surface area contributed by atoms with Gasteiger partial charge in [0.25, 0.3) is 0 Å². The van der Waals surface area contributed by atoms with Crippen LogP contribution in [0.15, 0.2) is 82.6 Å². The average molecular weight is 453 g/mol. The third-order valence-corrected chi connectivity index (χ3v) is 5.92. The van der Waals surface area contributed by atoms with E-state index in [1.807, 2.05) is 72.2 Å². The monoisotopic (exact) mass is 452 g/mol. The maximum absolute atomic E-state index is 12.7. The van der Waals surface area contributed by atoms with Crippen molar-refractivity contribution in [1.82, 2.24) is 20.1 Å². The molecule has 0 aliphatic heterocycles. The van der Waals surface area contributed by atoms with Crippen molar-refractivity contribution in [2.75, 3.05) is 5.75 Å². The summed E-state index contributed by atoms with van der Waals surface area (Å²) in [5, 5.41) is 13.0. The number of thioether (sulfide) groups is 1. The first kappa shape index (κ1) is 21.2. The van der Waals surface area contributed by atoms with Gasteiger partial charge in [-0.05, 0) is 48.4 Å². The summed E-state index contributed by atoms with van der Waals surface area (Å²) in [7, 11) is 0. The minimum Gasteiger partial charge on any atom is -0.461 e. The Balaban J connectivity index is 1.50. The Morgan fingerprint density at radius 3 is 2.55 bits per heavy atom. The van der Waals surface area contributed by atoms with Crippen LogP contribution in [-0.4, -0.2) is 26.4 Å². The van der Waals surface area contributed by atoms with Crippen molar-refractivity contribution in [3.05, 3.63) is 83.6 Å². The quantitative estimate of drug-likeness (QED) is 0.355. The zero-order valence-corrected chi connectivity index (χ0v) is 18.4. The Kier molecular flexibility index (Phi) is 6.74. The van der Waals surface area contributed by atoms with Gasteiger partial charge in [0.2, 0.25) is 11.7 Å². The van der Waals surface area contributed by atoms with E-state index in [1.54, 1.807) is 12.3 Å². The molecule has 2 aromatic heterocycles. The smallest absolute Gasteiger partial charge is 0.230 e. The lowest BCUT2D eigenvalue weighted by molar-refractivity contribution is -0.119. The SMILES string of the molecule is CCC(NC(=O)CSc1nnc(-c2ccco2)n1-c1ccccc1)c1ccc(Cl)cc1. The molecule has 0 saturated carbocycles. The van der Waals surface area contributed by atoms with Crippen LogP contribution in [0.3, 0.4) is 0 Å². The van der Waals surface area contributed by atoms with Crippen LogP contribution in [0.25, 0.3) is 17.3 Å². The predicted molar refractivity (Wildman–Crippen MR) is 122 cm³/mol. The number of halogens is 1. The third kappa shape index (κ3) is 5.00. The molecule has 158 valence electrons. The minimum absolute atomic E-state index is 0.0731. The summed E-state index contributed by atoms with van der Waals surface area (Å²) in [4.78, 5) is 12.7. The van der Waals surface area contributed by atoms with Gasteiger partial charge >= 0.3 is 0 Å². The zero-order chi connectivity index (χ0) is 21.6. The third-order valence-electron chi connectivity index (χ3n) is 4.74. The number of aromatic nitrogens is 3. The van der Waals surface area contributed by atoms with E-state index in [-0.39, 0.29) is 17.7 Å². The number of carbonyl (C=O) groups excluding carboxylic acids is 1. The highest BCUT2D eigenvalue weighted by atomic mass is 35.5. The van der Waals surface area contributed by atoms with Gasteiger partial charge in [-0.3, -0.25) is 9.36 Å². The van der Waals surface area contributed by atoms with E-state index in [2.05, 4.69) is 15.5 Å². The van der Waals surface area contributed by atoms with Gasteiger partial charge in [0, 0.05) is 10.7 Å². The Morgan fingerprint density at radius 2 is 1.87 bits per heavy atom. The molecule has 2 heterocycles. The summed E-state index contributed by atoms with van der Waals surface area (Å²) in [6.07, 6.45) is 2.38. The van der Waals surface area contributed by atoms with Crippen LogP contribution >= 0.6 is 23.4 Å². The number of para-hydroxylation sites is 1. The molecule has 1 amide bonds. The lowest BCUT2D eigenvalue weighted by Gasteiger charge is -2.17. The molecule has 0 radical (unpaired) electrons. The number of amides is 1. The van der Waals surface area contributed by atoms with Crippen molar-refractivity contribution < 1.29 is 9.21 Å². The van der Waals surface area contributed by atoms with Gasteiger partial charge in [-0.1, -0.05) is 60.6 Å². The second-order valence-electron chi connectivity index (χ2n) is 6.82. The number of hydrogen-bond acceptors (Lipinski definition) is 5. The standard InChI is InChI=1S/C23H21ClN4O2S/c1-2-19(16-10-12-17(24)13-11-16)25-21(29)15-31-23-27-26-22(20-9-6-14-30-20)28(23)18-7-4-3-5-8-18/h3-14,19H,2,15H2,1H3,(H,25,29). The largest absolute Gasteiger partial charge is 0.461 e. The summed E-state index contributed by atoms with van der Waals surface area (Å²) in [5.41, 5.74) is 1.92. The molecule has 1 atom stereocenters. The van der Waals surface area contributed by atoms with Crippen molar-refractivity contribution in [2.24, 2.45) is 0 Å². The number of rotatable bonds is 8. The van der Waals surface area contributed by atoms with E-state index in [0.717, 1.165) is 17.7 Å². The molecular formula is C23H21ClN4O2S. The molecule has 8 heteroatoms. The summed E-state index contributed by atoms with van der Waals surface area (Å²) < 4.78 is 7.42. The second kappa shape index (κ2) is 9.85. The molecule has 0 aliphatic rings. The maximum atomic E-state index is 12.7. The maximum Gasteiger partial charge on any atom is 0.230 e. The summed E-state index contributed by atoms with van der Waals surface area (Å²) in [6.45, 7) is 2.04. The van der Waals surface area contributed by atoms with E-state index >= 15 is 0 Å². The molecular weight excluding hydrogens is 432 g/mol. The molecule has 31 heavy (non-hydrogen) atoms. The van der Waals surface area contributed by atoms with Gasteiger partial charge in [-0.15, -0.1) is 10.2 Å². The van der Waals surface area contributed by atoms with Crippen LogP contribution in [0.5, 0.6) is 0 Å². The first-order valence-electron chi connectivity index (χ1n) is 9.88. The fraction of sp³-hybridized carbons (Fsp3) is 0.174. The van der Waals surface area contributed by atoms with Crippen molar-refractivity contribution in [3.63, 3.8) is 0 Å². The van der Waals surface area contributed by atoms with Crippen molar-refractivity contribution in [3.8, 4) is 17.3 Å². The van der Waals surface area contributed by atoms with Crippen molar-refractivity contribution in [2.45, 2.75) is 24.5 Å². The molecule has 0 fully saturated rings. The van der Waals surface area contributed by atoms with Crippen LogP contribution in [0.2, 0.25) is 5.02 Å². The fourth-order valence-electron chi connectivity index (χ4n) is 3.22. The van der Waals surface area contributed by atoms with E-state index in [0.29, 0.717) is 21.8 Å². The predicted octanol–water partition coefficient (Wildman–Crippen LogP) is 5.54. The van der Waals surface area contributed by atoms with E-state index in [1.165, 1.54) is 11.8 Å². The summed E-state index contributed by atoms with van der Waals surface area (Å²) in [5.74, 6) is 1.34. The van der Waals surface area contributed by atoms with E-state index in [4.69, 9.17) is 16.0 Å². The lowest BCUT2D eigenvalue weighted by atomic mass is 10.0. The Labute approximate surface area is 189 Å². The van der Waals surface area contributed by atoms with Gasteiger partial charge in [0.05, 0.1) is 18.1 Å². The molecule has 2 aromatic carbocycles. The number of carbonyl (C=O) groups is 1. The van der Waals surface area contributed by atoms with Crippen LogP contribution < -0.4 is 5.32 Å².